The number of carbonyl (C=O) groups is 1. The number of hydrogen-bond acceptors (Lipinski definition) is 3. The molecule has 27 heavy (non-hydrogen) atoms. The highest BCUT2D eigenvalue weighted by molar-refractivity contribution is 7.11. The number of thiophene rings is 1. The molecule has 1 unspecified atom stereocenters. The first-order chi connectivity index (χ1) is 13.0. The van der Waals surface area contributed by atoms with E-state index in [1.807, 2.05) is 42.5 Å². The first-order valence-corrected chi connectivity index (χ1v) is 10.2. The number of rotatable bonds is 8. The first-order valence-electron chi connectivity index (χ1n) is 9.41. The lowest BCUT2D eigenvalue weighted by atomic mass is 10.1. The molecule has 0 aliphatic heterocycles. The van der Waals surface area contributed by atoms with Gasteiger partial charge < -0.3 is 16.0 Å². The van der Waals surface area contributed by atoms with E-state index in [1.165, 1.54) is 9.75 Å². The molecule has 1 aromatic carbocycles. The fourth-order valence-corrected chi connectivity index (χ4v) is 3.74. The average molecular weight is 387 g/mol. The van der Waals surface area contributed by atoms with Crippen LogP contribution in [0.3, 0.4) is 0 Å². The average Bonchev–Trinajstić information content (AvgIpc) is 3.07. The zero-order valence-electron chi connectivity index (χ0n) is 16.6. The molecule has 2 rings (SSSR count). The molecule has 0 radical (unpaired) electrons. The van der Waals surface area contributed by atoms with E-state index in [2.05, 4.69) is 46.9 Å². The summed E-state index contributed by atoms with van der Waals surface area (Å²) in [6.45, 7) is 7.63. The summed E-state index contributed by atoms with van der Waals surface area (Å²) < 4.78 is 0. The maximum atomic E-state index is 12.1. The predicted molar refractivity (Wildman–Crippen MR) is 115 cm³/mol. The fourth-order valence-electron chi connectivity index (χ4n) is 2.72. The van der Waals surface area contributed by atoms with E-state index in [-0.39, 0.29) is 11.9 Å². The number of carbonyl (C=O) groups excluding carboxylic acids is 1. The molecule has 0 saturated heterocycles. The quantitative estimate of drug-likeness (QED) is 0.481. The number of guanidine groups is 1. The lowest BCUT2D eigenvalue weighted by molar-refractivity contribution is 0.0953. The summed E-state index contributed by atoms with van der Waals surface area (Å²) in [4.78, 5) is 19.1. The molecule has 0 aliphatic carbocycles. The number of nitrogens with one attached hydrogen (secondary N) is 3. The van der Waals surface area contributed by atoms with E-state index in [9.17, 15) is 4.79 Å². The second-order valence-corrected chi connectivity index (χ2v) is 8.02. The zero-order chi connectivity index (χ0) is 19.6. The molecule has 5 nitrogen and oxygen atoms in total. The Kier molecular flexibility index (Phi) is 8.33. The number of aliphatic imine (C=N–C) groups is 1. The summed E-state index contributed by atoms with van der Waals surface area (Å²) in [5, 5.41) is 9.66. The fraction of sp³-hybridized carbons (Fsp3) is 0.429. The van der Waals surface area contributed by atoms with Gasteiger partial charge in [0.1, 0.15) is 0 Å². The van der Waals surface area contributed by atoms with Crippen LogP contribution in [-0.4, -0.2) is 31.5 Å². The van der Waals surface area contributed by atoms with Crippen LogP contribution >= 0.6 is 11.3 Å². The maximum absolute atomic E-state index is 12.1. The minimum absolute atomic E-state index is 0.0268. The Hall–Kier alpha value is -2.34. The number of hydrogen-bond donors (Lipinski definition) is 3. The van der Waals surface area contributed by atoms with Crippen LogP contribution in [0, 0.1) is 6.92 Å². The topological polar surface area (TPSA) is 65.5 Å². The maximum Gasteiger partial charge on any atom is 0.251 e. The standard InChI is InChI=1S/C21H30N4OS/c1-5-11-23-20(26)18-8-6-7-17(13-18)14-24-21(22-4)25-15(2)12-19-10-9-16(3)27-19/h6-10,13,15H,5,11-12,14H2,1-4H3,(H,23,26)(H2,22,24,25). The van der Waals surface area contributed by atoms with Crippen molar-refractivity contribution < 1.29 is 4.79 Å². The number of benzene rings is 1. The van der Waals surface area contributed by atoms with Crippen LogP contribution < -0.4 is 16.0 Å². The minimum Gasteiger partial charge on any atom is -0.354 e. The van der Waals surface area contributed by atoms with Crippen molar-refractivity contribution >= 4 is 23.2 Å². The predicted octanol–water partition coefficient (Wildman–Crippen LogP) is 3.49. The number of amides is 1. The van der Waals surface area contributed by atoms with Gasteiger partial charge >= 0.3 is 0 Å². The van der Waals surface area contributed by atoms with Crippen molar-refractivity contribution in [3.05, 3.63) is 57.3 Å². The van der Waals surface area contributed by atoms with Gasteiger partial charge in [-0.15, -0.1) is 11.3 Å². The molecule has 0 fully saturated rings. The second kappa shape index (κ2) is 10.7. The lowest BCUT2D eigenvalue weighted by Crippen LogP contribution is -2.42. The van der Waals surface area contributed by atoms with Gasteiger partial charge in [-0.05, 0) is 50.1 Å². The molecule has 1 amide bonds. The van der Waals surface area contributed by atoms with Crippen LogP contribution in [-0.2, 0) is 13.0 Å². The van der Waals surface area contributed by atoms with Gasteiger partial charge in [-0.2, -0.15) is 0 Å². The molecule has 2 aromatic rings. The van der Waals surface area contributed by atoms with Crippen molar-refractivity contribution in [1.29, 1.82) is 0 Å². The molecule has 146 valence electrons. The molecular weight excluding hydrogens is 356 g/mol. The molecule has 0 aliphatic rings. The van der Waals surface area contributed by atoms with Crippen LogP contribution in [0.5, 0.6) is 0 Å². The van der Waals surface area contributed by atoms with Crippen LogP contribution in [0.1, 0.15) is 45.9 Å². The summed E-state index contributed by atoms with van der Waals surface area (Å²) >= 11 is 1.83. The number of aryl methyl sites for hydroxylation is 1. The SMILES string of the molecule is CCCNC(=O)c1cccc(CNC(=NC)NC(C)Cc2ccc(C)s2)c1. The third-order valence-electron chi connectivity index (χ3n) is 4.09. The molecular formula is C21H30N4OS. The van der Waals surface area contributed by atoms with Gasteiger partial charge in [-0.25, -0.2) is 0 Å². The monoisotopic (exact) mass is 386 g/mol. The van der Waals surface area contributed by atoms with Crippen molar-refractivity contribution in [2.75, 3.05) is 13.6 Å². The van der Waals surface area contributed by atoms with E-state index < -0.39 is 0 Å². The van der Waals surface area contributed by atoms with Crippen LogP contribution in [0.25, 0.3) is 0 Å². The molecule has 0 spiro atoms. The Balaban J connectivity index is 1.87. The van der Waals surface area contributed by atoms with Gasteiger partial charge in [0.05, 0.1) is 0 Å². The van der Waals surface area contributed by atoms with E-state index in [1.54, 1.807) is 7.05 Å². The van der Waals surface area contributed by atoms with E-state index in [4.69, 9.17) is 0 Å². The largest absolute Gasteiger partial charge is 0.354 e. The molecule has 1 atom stereocenters. The van der Waals surface area contributed by atoms with Gasteiger partial charge in [0.2, 0.25) is 0 Å². The van der Waals surface area contributed by atoms with Crippen molar-refractivity contribution in [3.8, 4) is 0 Å². The molecule has 3 N–H and O–H groups in total. The smallest absolute Gasteiger partial charge is 0.251 e. The highest BCUT2D eigenvalue weighted by Crippen LogP contribution is 2.16. The summed E-state index contributed by atoms with van der Waals surface area (Å²) in [5.41, 5.74) is 1.73. The highest BCUT2D eigenvalue weighted by Gasteiger charge is 2.09. The van der Waals surface area contributed by atoms with E-state index >= 15 is 0 Å². The van der Waals surface area contributed by atoms with Gasteiger partial charge in [0, 0.05) is 47.9 Å². The normalized spacial score (nSPS) is 12.5. The lowest BCUT2D eigenvalue weighted by Gasteiger charge is -2.17. The van der Waals surface area contributed by atoms with Crippen molar-refractivity contribution in [3.63, 3.8) is 0 Å². The summed E-state index contributed by atoms with van der Waals surface area (Å²) in [7, 11) is 1.77. The third kappa shape index (κ3) is 7.06. The molecule has 1 heterocycles. The summed E-state index contributed by atoms with van der Waals surface area (Å²) in [6.07, 6.45) is 1.89. The minimum atomic E-state index is -0.0268. The Morgan fingerprint density at radius 2 is 2.04 bits per heavy atom. The summed E-state index contributed by atoms with van der Waals surface area (Å²) in [5.74, 6) is 0.734. The van der Waals surface area contributed by atoms with Crippen LogP contribution in [0.2, 0.25) is 0 Å². The number of nitrogens with zero attached hydrogens (tertiary/aromatic N) is 1. The highest BCUT2D eigenvalue weighted by atomic mass is 32.1. The van der Waals surface area contributed by atoms with Crippen molar-refractivity contribution in [1.82, 2.24) is 16.0 Å². The third-order valence-corrected chi connectivity index (χ3v) is 5.12. The molecule has 0 bridgehead atoms. The van der Waals surface area contributed by atoms with Gasteiger partial charge in [0.25, 0.3) is 5.91 Å². The van der Waals surface area contributed by atoms with Crippen molar-refractivity contribution in [2.24, 2.45) is 4.99 Å². The second-order valence-electron chi connectivity index (χ2n) is 6.64. The Morgan fingerprint density at radius 3 is 2.70 bits per heavy atom. The van der Waals surface area contributed by atoms with Crippen LogP contribution in [0.15, 0.2) is 41.4 Å². The Morgan fingerprint density at radius 1 is 1.22 bits per heavy atom. The van der Waals surface area contributed by atoms with Gasteiger partial charge in [-0.1, -0.05) is 19.1 Å². The molecule has 0 saturated carbocycles. The van der Waals surface area contributed by atoms with E-state index in [0.717, 1.165) is 24.4 Å². The van der Waals surface area contributed by atoms with Gasteiger partial charge in [-0.3, -0.25) is 9.79 Å². The molecule has 6 heteroatoms. The summed E-state index contributed by atoms with van der Waals surface area (Å²) in [6, 6.07) is 12.3. The zero-order valence-corrected chi connectivity index (χ0v) is 17.5. The van der Waals surface area contributed by atoms with E-state index in [0.29, 0.717) is 18.7 Å². The Bertz CT molecular complexity index is 769. The molecule has 1 aromatic heterocycles. The Labute approximate surface area is 166 Å². The van der Waals surface area contributed by atoms with Crippen molar-refractivity contribution in [2.45, 2.75) is 46.2 Å². The van der Waals surface area contributed by atoms with Gasteiger partial charge in [0.15, 0.2) is 5.96 Å². The first kappa shape index (κ1) is 21.0. The van der Waals surface area contributed by atoms with Crippen LogP contribution in [0.4, 0.5) is 0 Å².